The molecule has 3 amide bonds. The minimum atomic E-state index is -0.135. The lowest BCUT2D eigenvalue weighted by Crippen LogP contribution is -2.53. The first-order chi connectivity index (χ1) is 10.0. The highest BCUT2D eigenvalue weighted by Crippen LogP contribution is 2.33. The molecule has 1 fully saturated rings. The normalized spacial score (nSPS) is 22.0. The van der Waals surface area contributed by atoms with Crippen molar-refractivity contribution >= 4 is 23.3 Å². The van der Waals surface area contributed by atoms with Gasteiger partial charge in [0.15, 0.2) is 0 Å². The van der Waals surface area contributed by atoms with Crippen molar-refractivity contribution in [3.8, 4) is 0 Å². The van der Waals surface area contributed by atoms with Crippen molar-refractivity contribution in [3.05, 3.63) is 35.0 Å². The van der Waals surface area contributed by atoms with Gasteiger partial charge in [0, 0.05) is 31.9 Å². The van der Waals surface area contributed by atoms with Gasteiger partial charge in [-0.05, 0) is 17.9 Å². The van der Waals surface area contributed by atoms with Gasteiger partial charge < -0.3 is 15.1 Å². The lowest BCUT2D eigenvalue weighted by Gasteiger charge is -2.39. The smallest absolute Gasteiger partial charge is 0.317 e. The van der Waals surface area contributed by atoms with Gasteiger partial charge >= 0.3 is 6.03 Å². The van der Waals surface area contributed by atoms with Gasteiger partial charge in [0.2, 0.25) is 5.91 Å². The van der Waals surface area contributed by atoms with Crippen molar-refractivity contribution in [2.45, 2.75) is 24.9 Å². The molecule has 0 aliphatic carbocycles. The Morgan fingerprint density at radius 3 is 3.05 bits per heavy atom. The van der Waals surface area contributed by atoms with E-state index in [9.17, 15) is 9.59 Å². The predicted octanol–water partition coefficient (Wildman–Crippen LogP) is 2.24. The zero-order valence-corrected chi connectivity index (χ0v) is 13.2. The van der Waals surface area contributed by atoms with Crippen molar-refractivity contribution in [1.29, 1.82) is 0 Å². The van der Waals surface area contributed by atoms with Crippen LogP contribution >= 0.6 is 11.3 Å². The van der Waals surface area contributed by atoms with Gasteiger partial charge in [0.25, 0.3) is 0 Å². The first kappa shape index (κ1) is 15.6. The van der Waals surface area contributed by atoms with Crippen LogP contribution in [-0.4, -0.2) is 48.4 Å². The summed E-state index contributed by atoms with van der Waals surface area (Å²) in [5, 5.41) is 5.04. The maximum absolute atomic E-state index is 12.2. The Balaban J connectivity index is 2.14. The first-order valence-corrected chi connectivity index (χ1v) is 7.84. The maximum Gasteiger partial charge on any atom is 0.317 e. The second kappa shape index (κ2) is 6.76. The van der Waals surface area contributed by atoms with E-state index in [0.717, 1.165) is 4.88 Å². The Kier molecular flexibility index (Phi) is 5.01. The second-order valence-electron chi connectivity index (χ2n) is 5.23. The number of likely N-dealkylation sites (tertiary alicyclic amines) is 1. The van der Waals surface area contributed by atoms with Crippen LogP contribution in [0, 0.1) is 0 Å². The van der Waals surface area contributed by atoms with E-state index in [2.05, 4.69) is 11.9 Å². The first-order valence-electron chi connectivity index (χ1n) is 6.96. The predicted molar refractivity (Wildman–Crippen MR) is 84.2 cm³/mol. The summed E-state index contributed by atoms with van der Waals surface area (Å²) < 4.78 is 0. The molecular weight excluding hydrogens is 286 g/mol. The standard InChI is InChI=1S/C15H21N3O2S/c1-4-9-17(2)15(20)16-11-7-8-13(19)18(3)14(11)12-6-5-10-21-12/h4-6,10-11,14H,1,7-9H2,2-3H3,(H,16,20)/t11-,14+/m1/s1. The highest BCUT2D eigenvalue weighted by Gasteiger charge is 2.36. The van der Waals surface area contributed by atoms with E-state index >= 15 is 0 Å². The Morgan fingerprint density at radius 2 is 2.43 bits per heavy atom. The summed E-state index contributed by atoms with van der Waals surface area (Å²) in [7, 11) is 3.54. The molecule has 6 heteroatoms. The number of nitrogens with one attached hydrogen (secondary N) is 1. The van der Waals surface area contributed by atoms with Crippen LogP contribution in [0.1, 0.15) is 23.8 Å². The van der Waals surface area contributed by atoms with Crippen molar-refractivity contribution in [3.63, 3.8) is 0 Å². The van der Waals surface area contributed by atoms with Crippen LogP contribution in [0.2, 0.25) is 0 Å². The summed E-state index contributed by atoms with van der Waals surface area (Å²) in [6.45, 7) is 4.13. The van der Waals surface area contributed by atoms with Crippen LogP contribution in [0.15, 0.2) is 30.2 Å². The molecule has 114 valence electrons. The Labute approximate surface area is 129 Å². The fourth-order valence-electron chi connectivity index (χ4n) is 2.58. The van der Waals surface area contributed by atoms with Crippen LogP contribution in [0.25, 0.3) is 0 Å². The van der Waals surface area contributed by atoms with E-state index in [-0.39, 0.29) is 24.0 Å². The molecule has 0 saturated carbocycles. The lowest BCUT2D eigenvalue weighted by molar-refractivity contribution is -0.135. The minimum absolute atomic E-state index is 0.0638. The zero-order valence-electron chi connectivity index (χ0n) is 12.4. The highest BCUT2D eigenvalue weighted by atomic mass is 32.1. The molecule has 2 atom stereocenters. The maximum atomic E-state index is 12.2. The third kappa shape index (κ3) is 3.44. The molecule has 1 aromatic rings. The van der Waals surface area contributed by atoms with Crippen LogP contribution in [0.5, 0.6) is 0 Å². The topological polar surface area (TPSA) is 52.7 Å². The monoisotopic (exact) mass is 307 g/mol. The number of carbonyl (C=O) groups is 2. The largest absolute Gasteiger partial charge is 0.336 e. The summed E-state index contributed by atoms with van der Waals surface area (Å²) in [5.74, 6) is 0.123. The third-order valence-corrected chi connectivity index (χ3v) is 4.70. The van der Waals surface area contributed by atoms with Crippen molar-refractivity contribution in [2.24, 2.45) is 0 Å². The molecule has 2 heterocycles. The number of urea groups is 1. The molecule has 0 bridgehead atoms. The number of hydrogen-bond donors (Lipinski definition) is 1. The Hall–Kier alpha value is -1.82. The summed E-state index contributed by atoms with van der Waals surface area (Å²) >= 11 is 1.61. The second-order valence-corrected chi connectivity index (χ2v) is 6.21. The number of rotatable bonds is 4. The molecule has 0 aromatic carbocycles. The van der Waals surface area contributed by atoms with E-state index in [4.69, 9.17) is 0 Å². The van der Waals surface area contributed by atoms with E-state index < -0.39 is 0 Å². The van der Waals surface area contributed by atoms with Crippen LogP contribution < -0.4 is 5.32 Å². The molecule has 2 rings (SSSR count). The van der Waals surface area contributed by atoms with Crippen molar-refractivity contribution in [1.82, 2.24) is 15.1 Å². The van der Waals surface area contributed by atoms with Crippen molar-refractivity contribution < 1.29 is 9.59 Å². The lowest BCUT2D eigenvalue weighted by atomic mass is 9.95. The average Bonchev–Trinajstić information content (AvgIpc) is 2.97. The molecule has 0 radical (unpaired) electrons. The van der Waals surface area contributed by atoms with E-state index in [0.29, 0.717) is 19.4 Å². The molecule has 1 aliphatic heterocycles. The summed E-state index contributed by atoms with van der Waals surface area (Å²) in [6, 6.07) is 3.69. The van der Waals surface area contributed by atoms with E-state index in [1.54, 1.807) is 41.3 Å². The molecule has 1 N–H and O–H groups in total. The van der Waals surface area contributed by atoms with Gasteiger partial charge in [-0.3, -0.25) is 4.79 Å². The van der Waals surface area contributed by atoms with Gasteiger partial charge in [-0.25, -0.2) is 4.79 Å². The van der Waals surface area contributed by atoms with Crippen LogP contribution in [0.4, 0.5) is 4.79 Å². The van der Waals surface area contributed by atoms with Gasteiger partial charge in [-0.2, -0.15) is 0 Å². The Bertz CT molecular complexity index is 515. The quantitative estimate of drug-likeness (QED) is 0.867. The number of amides is 3. The third-order valence-electron chi connectivity index (χ3n) is 3.75. The fraction of sp³-hybridized carbons (Fsp3) is 0.467. The molecule has 0 spiro atoms. The van der Waals surface area contributed by atoms with E-state index in [1.807, 2.05) is 17.5 Å². The van der Waals surface area contributed by atoms with Crippen LogP contribution in [-0.2, 0) is 4.79 Å². The number of thiophene rings is 1. The molecule has 1 aromatic heterocycles. The van der Waals surface area contributed by atoms with Crippen molar-refractivity contribution in [2.75, 3.05) is 20.6 Å². The average molecular weight is 307 g/mol. The molecule has 5 nitrogen and oxygen atoms in total. The van der Waals surface area contributed by atoms with E-state index in [1.165, 1.54) is 0 Å². The van der Waals surface area contributed by atoms with Gasteiger partial charge in [0.1, 0.15) is 0 Å². The highest BCUT2D eigenvalue weighted by molar-refractivity contribution is 7.10. The number of hydrogen-bond acceptors (Lipinski definition) is 3. The van der Waals surface area contributed by atoms with Gasteiger partial charge in [0.05, 0.1) is 12.1 Å². The summed E-state index contributed by atoms with van der Waals surface area (Å²) in [6.07, 6.45) is 2.82. The number of nitrogens with zero attached hydrogens (tertiary/aromatic N) is 2. The molecule has 1 aliphatic rings. The number of likely N-dealkylation sites (N-methyl/N-ethyl adjacent to an activating group) is 2. The minimum Gasteiger partial charge on any atom is -0.336 e. The number of piperidine rings is 1. The van der Waals surface area contributed by atoms with Crippen LogP contribution in [0.3, 0.4) is 0 Å². The summed E-state index contributed by atoms with van der Waals surface area (Å²) in [4.78, 5) is 28.6. The molecule has 21 heavy (non-hydrogen) atoms. The molecular formula is C15H21N3O2S. The van der Waals surface area contributed by atoms with Gasteiger partial charge in [-0.15, -0.1) is 17.9 Å². The zero-order chi connectivity index (χ0) is 15.4. The Morgan fingerprint density at radius 1 is 1.67 bits per heavy atom. The van der Waals surface area contributed by atoms with Gasteiger partial charge in [-0.1, -0.05) is 12.1 Å². The summed E-state index contributed by atoms with van der Waals surface area (Å²) in [5.41, 5.74) is 0. The fourth-order valence-corrected chi connectivity index (χ4v) is 3.52. The SMILES string of the molecule is C=CCN(C)C(=O)N[C@@H]1CCC(=O)N(C)[C@@H]1c1cccs1. The molecule has 0 unspecified atom stereocenters. The number of carbonyl (C=O) groups excluding carboxylic acids is 2. The molecule has 1 saturated heterocycles.